The van der Waals surface area contributed by atoms with Gasteiger partial charge in [0.25, 0.3) is 0 Å². The van der Waals surface area contributed by atoms with Crippen molar-refractivity contribution in [1.82, 2.24) is 4.90 Å². The summed E-state index contributed by atoms with van der Waals surface area (Å²) in [6.45, 7) is 3.49. The molecule has 2 aliphatic heterocycles. The number of nitrogens with one attached hydrogen (secondary N) is 1. The maximum absolute atomic E-state index is 13.2. The van der Waals surface area contributed by atoms with Crippen molar-refractivity contribution in [3.63, 3.8) is 0 Å². The molecule has 0 spiro atoms. The molecule has 0 aromatic heterocycles. The molecule has 1 aromatic rings. The molecule has 90 valence electrons. The van der Waals surface area contributed by atoms with Gasteiger partial charge in [-0.3, -0.25) is 5.41 Å². The molecule has 1 N–H and O–H groups in total. The summed E-state index contributed by atoms with van der Waals surface area (Å²) in [7, 11) is 0. The summed E-state index contributed by atoms with van der Waals surface area (Å²) >= 11 is 0. The molecule has 3 nitrogen and oxygen atoms in total. The minimum absolute atomic E-state index is 0.148. The standard InChI is InChI=1S/C13H15FN2O/c1-8-12(4-5-17-8)16-7-9-2-3-10(14)6-11(9)13(16)15/h2-3,6,8,12,15H,4-5,7H2,1H3. The highest BCUT2D eigenvalue weighted by molar-refractivity contribution is 6.00. The van der Waals surface area contributed by atoms with E-state index in [2.05, 4.69) is 0 Å². The molecule has 2 aliphatic rings. The zero-order valence-electron chi connectivity index (χ0n) is 9.74. The Labute approximate surface area is 99.7 Å². The van der Waals surface area contributed by atoms with E-state index in [1.165, 1.54) is 12.1 Å². The molecule has 1 saturated heterocycles. The Morgan fingerprint density at radius 2 is 2.29 bits per heavy atom. The quantitative estimate of drug-likeness (QED) is 0.808. The number of fused-ring (bicyclic) bond motifs is 1. The summed E-state index contributed by atoms with van der Waals surface area (Å²) in [5, 5.41) is 8.14. The van der Waals surface area contributed by atoms with Crippen LogP contribution in [0.25, 0.3) is 0 Å². The normalized spacial score (nSPS) is 27.6. The van der Waals surface area contributed by atoms with E-state index in [0.29, 0.717) is 12.4 Å². The largest absolute Gasteiger partial charge is 0.376 e. The van der Waals surface area contributed by atoms with Crippen molar-refractivity contribution >= 4 is 5.84 Å². The van der Waals surface area contributed by atoms with E-state index < -0.39 is 0 Å². The van der Waals surface area contributed by atoms with Crippen molar-refractivity contribution in [3.05, 3.63) is 35.1 Å². The van der Waals surface area contributed by atoms with Crippen molar-refractivity contribution in [2.24, 2.45) is 0 Å². The highest BCUT2D eigenvalue weighted by Gasteiger charge is 2.36. The Bertz CT molecular complexity index is 474. The van der Waals surface area contributed by atoms with Crippen LogP contribution in [-0.4, -0.2) is 29.5 Å². The smallest absolute Gasteiger partial charge is 0.129 e. The molecular weight excluding hydrogens is 219 g/mol. The van der Waals surface area contributed by atoms with Crippen LogP contribution in [0, 0.1) is 11.2 Å². The minimum Gasteiger partial charge on any atom is -0.376 e. The van der Waals surface area contributed by atoms with Crippen molar-refractivity contribution in [2.75, 3.05) is 6.61 Å². The number of ether oxygens (including phenoxy) is 1. The Kier molecular flexibility index (Phi) is 2.40. The van der Waals surface area contributed by atoms with E-state index in [4.69, 9.17) is 10.1 Å². The van der Waals surface area contributed by atoms with E-state index in [-0.39, 0.29) is 18.0 Å². The molecule has 0 aliphatic carbocycles. The van der Waals surface area contributed by atoms with Gasteiger partial charge in [0.05, 0.1) is 12.1 Å². The maximum Gasteiger partial charge on any atom is 0.129 e. The second-order valence-corrected chi connectivity index (χ2v) is 4.71. The van der Waals surface area contributed by atoms with Gasteiger partial charge in [-0.2, -0.15) is 0 Å². The van der Waals surface area contributed by atoms with Crippen LogP contribution in [0.1, 0.15) is 24.5 Å². The number of benzene rings is 1. The topological polar surface area (TPSA) is 36.3 Å². The van der Waals surface area contributed by atoms with Crippen molar-refractivity contribution < 1.29 is 9.13 Å². The van der Waals surface area contributed by atoms with Crippen LogP contribution in [0.15, 0.2) is 18.2 Å². The van der Waals surface area contributed by atoms with Crippen LogP contribution >= 0.6 is 0 Å². The molecule has 2 heterocycles. The second-order valence-electron chi connectivity index (χ2n) is 4.71. The van der Waals surface area contributed by atoms with E-state index in [1.807, 2.05) is 11.8 Å². The van der Waals surface area contributed by atoms with Crippen LogP contribution in [0.5, 0.6) is 0 Å². The van der Waals surface area contributed by atoms with Crippen molar-refractivity contribution in [2.45, 2.75) is 32.0 Å². The lowest BCUT2D eigenvalue weighted by Gasteiger charge is -2.27. The molecule has 1 aromatic carbocycles. The zero-order valence-corrected chi connectivity index (χ0v) is 9.74. The summed E-state index contributed by atoms with van der Waals surface area (Å²) in [5.41, 5.74) is 1.76. The maximum atomic E-state index is 13.2. The predicted molar refractivity (Wildman–Crippen MR) is 62.6 cm³/mol. The monoisotopic (exact) mass is 234 g/mol. The summed E-state index contributed by atoms with van der Waals surface area (Å²) in [6, 6.07) is 4.94. The zero-order chi connectivity index (χ0) is 12.0. The highest BCUT2D eigenvalue weighted by Crippen LogP contribution is 2.30. The molecule has 17 heavy (non-hydrogen) atoms. The first kappa shape index (κ1) is 10.7. The number of hydrogen-bond donors (Lipinski definition) is 1. The molecule has 0 bridgehead atoms. The summed E-state index contributed by atoms with van der Waals surface area (Å²) in [5.74, 6) is 0.160. The number of rotatable bonds is 1. The van der Waals surface area contributed by atoms with Gasteiger partial charge >= 0.3 is 0 Å². The Balaban J connectivity index is 1.91. The summed E-state index contributed by atoms with van der Waals surface area (Å²) < 4.78 is 18.7. The van der Waals surface area contributed by atoms with Crippen LogP contribution in [-0.2, 0) is 11.3 Å². The Morgan fingerprint density at radius 3 is 3.00 bits per heavy atom. The van der Waals surface area contributed by atoms with Gasteiger partial charge in [-0.1, -0.05) is 6.07 Å². The van der Waals surface area contributed by atoms with Gasteiger partial charge in [-0.25, -0.2) is 4.39 Å². The van der Waals surface area contributed by atoms with Crippen LogP contribution < -0.4 is 0 Å². The van der Waals surface area contributed by atoms with Gasteiger partial charge in [0.2, 0.25) is 0 Å². The average Bonchev–Trinajstić information content (AvgIpc) is 2.84. The first-order valence-corrected chi connectivity index (χ1v) is 5.92. The average molecular weight is 234 g/mol. The number of hydrogen-bond acceptors (Lipinski definition) is 2. The lowest BCUT2D eigenvalue weighted by molar-refractivity contribution is 0.0948. The van der Waals surface area contributed by atoms with Crippen molar-refractivity contribution in [3.8, 4) is 0 Å². The van der Waals surface area contributed by atoms with Crippen LogP contribution in [0.2, 0.25) is 0 Å². The van der Waals surface area contributed by atoms with E-state index in [9.17, 15) is 4.39 Å². The van der Waals surface area contributed by atoms with E-state index in [0.717, 1.165) is 24.2 Å². The minimum atomic E-state index is -0.272. The summed E-state index contributed by atoms with van der Waals surface area (Å²) in [4.78, 5) is 2.03. The number of nitrogens with zero attached hydrogens (tertiary/aromatic N) is 1. The molecule has 0 amide bonds. The van der Waals surface area contributed by atoms with Gasteiger partial charge in [0.1, 0.15) is 11.7 Å². The fraction of sp³-hybridized carbons (Fsp3) is 0.462. The molecular formula is C13H15FN2O. The number of halogens is 1. The molecule has 2 unspecified atom stereocenters. The molecule has 3 rings (SSSR count). The molecule has 1 fully saturated rings. The van der Waals surface area contributed by atoms with E-state index in [1.54, 1.807) is 6.07 Å². The van der Waals surface area contributed by atoms with E-state index >= 15 is 0 Å². The summed E-state index contributed by atoms with van der Waals surface area (Å²) in [6.07, 6.45) is 1.09. The molecule has 4 heteroatoms. The lowest BCUT2D eigenvalue weighted by atomic mass is 10.1. The van der Waals surface area contributed by atoms with Gasteiger partial charge in [0.15, 0.2) is 0 Å². The van der Waals surface area contributed by atoms with Crippen LogP contribution in [0.3, 0.4) is 0 Å². The highest BCUT2D eigenvalue weighted by atomic mass is 19.1. The third kappa shape index (κ3) is 1.63. The third-order valence-corrected chi connectivity index (χ3v) is 3.69. The van der Waals surface area contributed by atoms with Gasteiger partial charge in [0, 0.05) is 18.7 Å². The van der Waals surface area contributed by atoms with Crippen LogP contribution in [0.4, 0.5) is 4.39 Å². The van der Waals surface area contributed by atoms with Gasteiger partial charge in [-0.15, -0.1) is 0 Å². The molecule has 2 atom stereocenters. The number of amidine groups is 1. The Morgan fingerprint density at radius 1 is 1.47 bits per heavy atom. The van der Waals surface area contributed by atoms with Gasteiger partial charge in [-0.05, 0) is 31.0 Å². The first-order chi connectivity index (χ1) is 8.16. The Hall–Kier alpha value is -1.42. The SMILES string of the molecule is CC1OCCC1N1Cc2ccc(F)cc2C1=N. The van der Waals surface area contributed by atoms with Crippen molar-refractivity contribution in [1.29, 1.82) is 5.41 Å². The first-order valence-electron chi connectivity index (χ1n) is 5.92. The predicted octanol–water partition coefficient (Wildman–Crippen LogP) is 2.14. The van der Waals surface area contributed by atoms with Gasteiger partial charge < -0.3 is 9.64 Å². The fourth-order valence-corrected chi connectivity index (χ4v) is 2.74. The second kappa shape index (κ2) is 3.81. The fourth-order valence-electron chi connectivity index (χ4n) is 2.74. The third-order valence-electron chi connectivity index (χ3n) is 3.69. The lowest BCUT2D eigenvalue weighted by Crippen LogP contribution is -2.39. The molecule has 0 saturated carbocycles. The molecule has 0 radical (unpaired) electrons.